The molecule has 1 atom stereocenters. The van der Waals surface area contributed by atoms with Crippen LogP contribution in [0, 0.1) is 0 Å². The molecule has 0 saturated heterocycles. The lowest BCUT2D eigenvalue weighted by Crippen LogP contribution is -2.28. The topological polar surface area (TPSA) is 68.0 Å². The van der Waals surface area contributed by atoms with Crippen LogP contribution < -0.4 is 11.1 Å². The molecule has 0 fully saturated rings. The lowest BCUT2D eigenvalue weighted by atomic mass is 10.1. The Kier molecular flexibility index (Phi) is 4.16. The van der Waals surface area contributed by atoms with E-state index in [9.17, 15) is 4.79 Å². The van der Waals surface area contributed by atoms with Crippen LogP contribution in [-0.2, 0) is 0 Å². The van der Waals surface area contributed by atoms with Gasteiger partial charge in [-0.3, -0.25) is 4.79 Å². The van der Waals surface area contributed by atoms with Crippen LogP contribution in [0.25, 0.3) is 0 Å². The number of halogens is 1. The summed E-state index contributed by atoms with van der Waals surface area (Å²) in [4.78, 5) is 16.0. The van der Waals surface area contributed by atoms with Crippen molar-refractivity contribution in [3.8, 4) is 0 Å². The van der Waals surface area contributed by atoms with Gasteiger partial charge in [0.1, 0.15) is 0 Å². The van der Waals surface area contributed by atoms with Gasteiger partial charge >= 0.3 is 0 Å². The van der Waals surface area contributed by atoms with E-state index in [0.717, 1.165) is 10.0 Å². The van der Waals surface area contributed by atoms with Crippen molar-refractivity contribution in [3.05, 3.63) is 58.3 Å². The first kappa shape index (κ1) is 13.5. The average molecular weight is 320 g/mol. The van der Waals surface area contributed by atoms with Gasteiger partial charge in [-0.05, 0) is 36.8 Å². The van der Waals surface area contributed by atoms with Crippen LogP contribution in [0.4, 0.5) is 5.69 Å². The standard InChI is InChI=1S/C14H14BrN3O/c1-9(10-4-6-11(15)7-5-10)18-14(19)13-12(16)3-2-8-17-13/h2-9H,16H2,1H3,(H,18,19). The first-order chi connectivity index (χ1) is 9.08. The highest BCUT2D eigenvalue weighted by molar-refractivity contribution is 9.10. The van der Waals surface area contributed by atoms with Crippen LogP contribution >= 0.6 is 15.9 Å². The number of nitrogens with one attached hydrogen (secondary N) is 1. The highest BCUT2D eigenvalue weighted by Gasteiger charge is 2.14. The average Bonchev–Trinajstić information content (AvgIpc) is 2.39. The SMILES string of the molecule is CC(NC(=O)c1ncccc1N)c1ccc(Br)cc1. The van der Waals surface area contributed by atoms with Gasteiger partial charge in [0, 0.05) is 10.7 Å². The molecule has 1 heterocycles. The molecule has 0 aliphatic carbocycles. The molecule has 19 heavy (non-hydrogen) atoms. The van der Waals surface area contributed by atoms with E-state index in [1.165, 1.54) is 0 Å². The molecule has 5 heteroatoms. The molecule has 98 valence electrons. The normalized spacial score (nSPS) is 11.9. The monoisotopic (exact) mass is 319 g/mol. The van der Waals surface area contributed by atoms with Gasteiger partial charge in [-0.15, -0.1) is 0 Å². The lowest BCUT2D eigenvalue weighted by molar-refractivity contribution is 0.0936. The Hall–Kier alpha value is -1.88. The molecule has 1 amide bonds. The smallest absolute Gasteiger partial charge is 0.272 e. The van der Waals surface area contributed by atoms with Crippen molar-refractivity contribution >= 4 is 27.5 Å². The predicted molar refractivity (Wildman–Crippen MR) is 78.7 cm³/mol. The van der Waals surface area contributed by atoms with E-state index < -0.39 is 0 Å². The van der Waals surface area contributed by atoms with E-state index in [4.69, 9.17) is 5.73 Å². The van der Waals surface area contributed by atoms with Gasteiger partial charge in [0.2, 0.25) is 0 Å². The maximum absolute atomic E-state index is 12.1. The minimum atomic E-state index is -0.270. The summed E-state index contributed by atoms with van der Waals surface area (Å²) >= 11 is 3.38. The van der Waals surface area contributed by atoms with Crippen molar-refractivity contribution in [2.75, 3.05) is 5.73 Å². The molecule has 1 aromatic heterocycles. The summed E-state index contributed by atoms with van der Waals surface area (Å²) in [5.74, 6) is -0.270. The number of pyridine rings is 1. The highest BCUT2D eigenvalue weighted by Crippen LogP contribution is 2.17. The Morgan fingerprint density at radius 1 is 1.32 bits per heavy atom. The largest absolute Gasteiger partial charge is 0.397 e. The van der Waals surface area contributed by atoms with E-state index in [2.05, 4.69) is 26.2 Å². The van der Waals surface area contributed by atoms with E-state index in [1.54, 1.807) is 18.3 Å². The van der Waals surface area contributed by atoms with Gasteiger partial charge in [-0.2, -0.15) is 0 Å². The predicted octanol–water partition coefficient (Wildman–Crippen LogP) is 2.92. The fourth-order valence-electron chi connectivity index (χ4n) is 1.71. The maximum Gasteiger partial charge on any atom is 0.272 e. The second-order valence-corrected chi connectivity index (χ2v) is 5.10. The fraction of sp³-hybridized carbons (Fsp3) is 0.143. The summed E-state index contributed by atoms with van der Waals surface area (Å²) in [5.41, 5.74) is 7.38. The number of carbonyl (C=O) groups excluding carboxylic acids is 1. The Balaban J connectivity index is 2.11. The van der Waals surface area contributed by atoms with Crippen molar-refractivity contribution in [3.63, 3.8) is 0 Å². The Labute approximate surface area is 120 Å². The van der Waals surface area contributed by atoms with Crippen molar-refractivity contribution in [2.24, 2.45) is 0 Å². The molecular weight excluding hydrogens is 306 g/mol. The summed E-state index contributed by atoms with van der Waals surface area (Å²) in [5, 5.41) is 2.88. The van der Waals surface area contributed by atoms with Crippen molar-refractivity contribution in [2.45, 2.75) is 13.0 Å². The first-order valence-corrected chi connectivity index (χ1v) is 6.64. The Morgan fingerprint density at radius 3 is 2.63 bits per heavy atom. The molecule has 0 saturated carbocycles. The zero-order valence-corrected chi connectivity index (χ0v) is 12.0. The second kappa shape index (κ2) is 5.84. The molecule has 0 spiro atoms. The quantitative estimate of drug-likeness (QED) is 0.914. The molecule has 2 rings (SSSR count). The van der Waals surface area contributed by atoms with Crippen LogP contribution in [0.3, 0.4) is 0 Å². The molecule has 1 unspecified atom stereocenters. The van der Waals surface area contributed by atoms with Crippen LogP contribution in [-0.4, -0.2) is 10.9 Å². The molecular formula is C14H14BrN3O. The van der Waals surface area contributed by atoms with Crippen LogP contribution in [0.15, 0.2) is 47.1 Å². The number of nitrogen functional groups attached to an aromatic ring is 1. The zero-order valence-electron chi connectivity index (χ0n) is 10.4. The number of aromatic nitrogens is 1. The number of hydrogen-bond acceptors (Lipinski definition) is 3. The first-order valence-electron chi connectivity index (χ1n) is 5.84. The summed E-state index contributed by atoms with van der Waals surface area (Å²) < 4.78 is 1.00. The third kappa shape index (κ3) is 3.32. The zero-order chi connectivity index (χ0) is 13.8. The minimum Gasteiger partial charge on any atom is -0.397 e. The third-order valence-electron chi connectivity index (χ3n) is 2.77. The second-order valence-electron chi connectivity index (χ2n) is 4.19. The van der Waals surface area contributed by atoms with E-state index >= 15 is 0 Å². The molecule has 0 aliphatic heterocycles. The summed E-state index contributed by atoms with van der Waals surface area (Å²) in [6.07, 6.45) is 1.55. The Bertz CT molecular complexity index is 583. The number of rotatable bonds is 3. The van der Waals surface area contributed by atoms with E-state index in [0.29, 0.717) is 5.69 Å². The van der Waals surface area contributed by atoms with Gasteiger partial charge in [0.25, 0.3) is 5.91 Å². The number of anilines is 1. The van der Waals surface area contributed by atoms with E-state index in [1.807, 2.05) is 31.2 Å². The summed E-state index contributed by atoms with van der Waals surface area (Å²) in [6.45, 7) is 1.92. The van der Waals surface area contributed by atoms with Gasteiger partial charge in [-0.25, -0.2) is 4.98 Å². The Morgan fingerprint density at radius 2 is 2.00 bits per heavy atom. The summed E-state index contributed by atoms with van der Waals surface area (Å²) in [6, 6.07) is 11.0. The number of hydrogen-bond donors (Lipinski definition) is 2. The molecule has 3 N–H and O–H groups in total. The molecule has 0 aliphatic rings. The molecule has 0 bridgehead atoms. The maximum atomic E-state index is 12.1. The number of amides is 1. The number of nitrogens with zero attached hydrogens (tertiary/aromatic N) is 1. The minimum absolute atomic E-state index is 0.109. The summed E-state index contributed by atoms with van der Waals surface area (Å²) in [7, 11) is 0. The van der Waals surface area contributed by atoms with Crippen molar-refractivity contribution in [1.82, 2.24) is 10.3 Å². The molecule has 4 nitrogen and oxygen atoms in total. The van der Waals surface area contributed by atoms with Gasteiger partial charge in [-0.1, -0.05) is 28.1 Å². The number of benzene rings is 1. The van der Waals surface area contributed by atoms with Gasteiger partial charge < -0.3 is 11.1 Å². The van der Waals surface area contributed by atoms with Crippen LogP contribution in [0.5, 0.6) is 0 Å². The third-order valence-corrected chi connectivity index (χ3v) is 3.30. The van der Waals surface area contributed by atoms with Gasteiger partial charge in [0.15, 0.2) is 5.69 Å². The number of carbonyl (C=O) groups is 1. The van der Waals surface area contributed by atoms with Crippen molar-refractivity contribution < 1.29 is 4.79 Å². The van der Waals surface area contributed by atoms with Crippen LogP contribution in [0.2, 0.25) is 0 Å². The van der Waals surface area contributed by atoms with Crippen LogP contribution in [0.1, 0.15) is 29.0 Å². The molecule has 2 aromatic rings. The lowest BCUT2D eigenvalue weighted by Gasteiger charge is -2.14. The van der Waals surface area contributed by atoms with E-state index in [-0.39, 0.29) is 17.6 Å². The fourth-order valence-corrected chi connectivity index (χ4v) is 1.97. The van der Waals surface area contributed by atoms with Crippen molar-refractivity contribution in [1.29, 1.82) is 0 Å². The molecule has 1 aromatic carbocycles. The number of nitrogens with two attached hydrogens (primary N) is 1. The highest BCUT2D eigenvalue weighted by atomic mass is 79.9. The van der Waals surface area contributed by atoms with Gasteiger partial charge in [0.05, 0.1) is 11.7 Å². The molecule has 0 radical (unpaired) electrons.